The number of halogens is 3. The molecule has 0 saturated carbocycles. The maximum absolute atomic E-state index is 12.7. The molecule has 0 bridgehead atoms. The standard InChI is InChI=1S/C14H12F3N5O2S/c1-21-12(14(15,16)17)20-22(13(21)24)5-4-18-11(23)8-2-3-9-10(6-8)25-7-19-9/h2-3,6-7H,4-5H2,1H3,(H,18,23). The maximum Gasteiger partial charge on any atom is 0.451 e. The third-order valence-electron chi connectivity index (χ3n) is 3.50. The molecule has 0 unspecified atom stereocenters. The van der Waals surface area contributed by atoms with Gasteiger partial charge in [0.15, 0.2) is 0 Å². The number of alkyl halides is 3. The summed E-state index contributed by atoms with van der Waals surface area (Å²) in [6, 6.07) is 4.99. The zero-order valence-corrected chi connectivity index (χ0v) is 13.7. The fourth-order valence-corrected chi connectivity index (χ4v) is 2.97. The van der Waals surface area contributed by atoms with Crippen LogP contribution in [0.4, 0.5) is 13.2 Å². The van der Waals surface area contributed by atoms with Gasteiger partial charge in [-0.2, -0.15) is 13.2 Å². The molecule has 0 atom stereocenters. The fourth-order valence-electron chi connectivity index (χ4n) is 2.25. The molecule has 1 N–H and O–H groups in total. The zero-order chi connectivity index (χ0) is 18.2. The number of fused-ring (bicyclic) bond motifs is 1. The molecule has 25 heavy (non-hydrogen) atoms. The summed E-state index contributed by atoms with van der Waals surface area (Å²) in [6.07, 6.45) is -4.72. The molecule has 0 aliphatic rings. The molecule has 11 heteroatoms. The summed E-state index contributed by atoms with van der Waals surface area (Å²) in [6.45, 7) is -0.203. The molecule has 3 rings (SSSR count). The molecule has 3 aromatic rings. The topological polar surface area (TPSA) is 81.8 Å². The highest BCUT2D eigenvalue weighted by Crippen LogP contribution is 2.25. The molecule has 0 saturated heterocycles. The second-order valence-corrected chi connectivity index (χ2v) is 6.06. The van der Waals surface area contributed by atoms with Gasteiger partial charge >= 0.3 is 11.9 Å². The lowest BCUT2D eigenvalue weighted by Crippen LogP contribution is -2.31. The van der Waals surface area contributed by atoms with E-state index in [0.717, 1.165) is 17.3 Å². The van der Waals surface area contributed by atoms with E-state index in [2.05, 4.69) is 15.4 Å². The molecule has 0 radical (unpaired) electrons. The predicted octanol–water partition coefficient (Wildman–Crippen LogP) is 1.64. The Bertz CT molecular complexity index is 988. The van der Waals surface area contributed by atoms with Crippen LogP contribution >= 0.6 is 11.3 Å². The molecule has 0 aliphatic carbocycles. The highest BCUT2D eigenvalue weighted by atomic mass is 32.1. The van der Waals surface area contributed by atoms with Crippen molar-refractivity contribution < 1.29 is 18.0 Å². The van der Waals surface area contributed by atoms with Gasteiger partial charge in [0, 0.05) is 19.2 Å². The van der Waals surface area contributed by atoms with Gasteiger partial charge in [-0.15, -0.1) is 16.4 Å². The number of amides is 1. The number of hydrogen-bond acceptors (Lipinski definition) is 5. The molecule has 2 aromatic heterocycles. The largest absolute Gasteiger partial charge is 0.451 e. The molecule has 1 aromatic carbocycles. The van der Waals surface area contributed by atoms with Gasteiger partial charge in [-0.1, -0.05) is 0 Å². The third kappa shape index (κ3) is 3.40. The Morgan fingerprint density at radius 1 is 1.36 bits per heavy atom. The fraction of sp³-hybridized carbons (Fsp3) is 0.286. The van der Waals surface area contributed by atoms with Crippen LogP contribution in [0.15, 0.2) is 28.5 Å². The molecule has 7 nitrogen and oxygen atoms in total. The molecule has 0 fully saturated rings. The van der Waals surface area contributed by atoms with E-state index >= 15 is 0 Å². The lowest BCUT2D eigenvalue weighted by atomic mass is 10.2. The second kappa shape index (κ2) is 6.31. The van der Waals surface area contributed by atoms with E-state index < -0.39 is 23.6 Å². The van der Waals surface area contributed by atoms with Gasteiger partial charge < -0.3 is 5.32 Å². The Kier molecular flexibility index (Phi) is 4.33. The van der Waals surface area contributed by atoms with Gasteiger partial charge in [-0.3, -0.25) is 9.36 Å². The van der Waals surface area contributed by atoms with E-state index in [1.807, 2.05) is 0 Å². The minimum atomic E-state index is -4.72. The second-order valence-electron chi connectivity index (χ2n) is 5.18. The molecule has 132 valence electrons. The van der Waals surface area contributed by atoms with Crippen molar-refractivity contribution in [3.8, 4) is 0 Å². The Hall–Kier alpha value is -2.69. The van der Waals surface area contributed by atoms with Crippen LogP contribution in [0, 0.1) is 0 Å². The van der Waals surface area contributed by atoms with E-state index in [9.17, 15) is 22.8 Å². The number of carbonyl (C=O) groups is 1. The Labute approximate surface area is 142 Å². The van der Waals surface area contributed by atoms with Gasteiger partial charge in [0.1, 0.15) is 0 Å². The Morgan fingerprint density at radius 3 is 2.80 bits per heavy atom. The summed E-state index contributed by atoms with van der Waals surface area (Å²) in [4.78, 5) is 27.9. The van der Waals surface area contributed by atoms with Crippen LogP contribution in [0.2, 0.25) is 0 Å². The predicted molar refractivity (Wildman–Crippen MR) is 84.4 cm³/mol. The van der Waals surface area contributed by atoms with Crippen LogP contribution in [0.3, 0.4) is 0 Å². The van der Waals surface area contributed by atoms with Gasteiger partial charge in [-0.05, 0) is 18.2 Å². The molecule has 0 aliphatic heterocycles. The quantitative estimate of drug-likeness (QED) is 0.756. The number of thiazole rings is 1. The van der Waals surface area contributed by atoms with E-state index in [-0.39, 0.29) is 13.1 Å². The maximum atomic E-state index is 12.7. The lowest BCUT2D eigenvalue weighted by molar-refractivity contribution is -0.147. The number of nitrogens with one attached hydrogen (secondary N) is 1. The average molecular weight is 371 g/mol. The normalized spacial score (nSPS) is 11.8. The van der Waals surface area contributed by atoms with Gasteiger partial charge in [-0.25, -0.2) is 14.5 Å². The minimum absolute atomic E-state index is 0.0340. The SMILES string of the molecule is Cn1c(C(F)(F)F)nn(CCNC(=O)c2ccc3ncsc3c2)c1=O. The summed E-state index contributed by atoms with van der Waals surface area (Å²) in [7, 11) is 0.998. The van der Waals surface area contributed by atoms with Crippen LogP contribution < -0.4 is 11.0 Å². The summed E-state index contributed by atoms with van der Waals surface area (Å²) in [5, 5.41) is 5.82. The van der Waals surface area contributed by atoms with Gasteiger partial charge in [0.05, 0.1) is 22.3 Å². The summed E-state index contributed by atoms with van der Waals surface area (Å²) >= 11 is 1.39. The van der Waals surface area contributed by atoms with Crippen molar-refractivity contribution >= 4 is 27.5 Å². The minimum Gasteiger partial charge on any atom is -0.350 e. The number of hydrogen-bond donors (Lipinski definition) is 1. The first-order valence-corrected chi connectivity index (χ1v) is 7.98. The van der Waals surface area contributed by atoms with Crippen molar-refractivity contribution in [2.75, 3.05) is 6.54 Å². The highest BCUT2D eigenvalue weighted by molar-refractivity contribution is 7.16. The summed E-state index contributed by atoms with van der Waals surface area (Å²) in [5.41, 5.74) is 1.95. The van der Waals surface area contributed by atoms with Crippen LogP contribution in [0.1, 0.15) is 16.2 Å². The Morgan fingerprint density at radius 2 is 2.12 bits per heavy atom. The first-order chi connectivity index (χ1) is 11.8. The van der Waals surface area contributed by atoms with Crippen molar-refractivity contribution in [1.82, 2.24) is 24.6 Å². The molecular formula is C14H12F3N5O2S. The number of aromatic nitrogens is 4. The van der Waals surface area contributed by atoms with Crippen molar-refractivity contribution in [2.24, 2.45) is 7.05 Å². The molecule has 2 heterocycles. The monoisotopic (exact) mass is 371 g/mol. The van der Waals surface area contributed by atoms with Crippen LogP contribution in [-0.2, 0) is 19.8 Å². The van der Waals surface area contributed by atoms with Crippen molar-refractivity contribution in [1.29, 1.82) is 0 Å². The van der Waals surface area contributed by atoms with Crippen molar-refractivity contribution in [3.63, 3.8) is 0 Å². The number of benzene rings is 1. The van der Waals surface area contributed by atoms with Gasteiger partial charge in [0.25, 0.3) is 5.91 Å². The average Bonchev–Trinajstić information content (AvgIpc) is 3.13. The number of carbonyl (C=O) groups excluding carboxylic acids is 1. The zero-order valence-electron chi connectivity index (χ0n) is 12.9. The van der Waals surface area contributed by atoms with E-state index in [1.165, 1.54) is 11.3 Å². The lowest BCUT2D eigenvalue weighted by Gasteiger charge is -2.05. The van der Waals surface area contributed by atoms with Crippen LogP contribution in [-0.4, -0.2) is 31.8 Å². The summed E-state index contributed by atoms with van der Waals surface area (Å²) in [5.74, 6) is -1.67. The third-order valence-corrected chi connectivity index (χ3v) is 4.29. The van der Waals surface area contributed by atoms with Crippen LogP contribution in [0.25, 0.3) is 10.2 Å². The molecule has 1 amide bonds. The van der Waals surface area contributed by atoms with E-state index in [0.29, 0.717) is 14.8 Å². The van der Waals surface area contributed by atoms with Crippen LogP contribution in [0.5, 0.6) is 0 Å². The van der Waals surface area contributed by atoms with E-state index in [1.54, 1.807) is 23.7 Å². The smallest absolute Gasteiger partial charge is 0.350 e. The Balaban J connectivity index is 1.66. The first kappa shape index (κ1) is 17.1. The van der Waals surface area contributed by atoms with Gasteiger partial charge in [0.2, 0.25) is 5.82 Å². The summed E-state index contributed by atoms with van der Waals surface area (Å²) < 4.78 is 40.1. The van der Waals surface area contributed by atoms with Crippen molar-refractivity contribution in [2.45, 2.75) is 12.7 Å². The number of nitrogens with zero attached hydrogens (tertiary/aromatic N) is 4. The van der Waals surface area contributed by atoms with Crippen molar-refractivity contribution in [3.05, 3.63) is 45.6 Å². The highest BCUT2D eigenvalue weighted by Gasteiger charge is 2.37. The molecule has 0 spiro atoms. The first-order valence-electron chi connectivity index (χ1n) is 7.10. The molecular weight excluding hydrogens is 359 g/mol. The number of rotatable bonds is 4. The van der Waals surface area contributed by atoms with E-state index in [4.69, 9.17) is 0 Å².